The number of carboxylic acids is 1. The highest BCUT2D eigenvalue weighted by Gasteiger charge is 2.30. The van der Waals surface area contributed by atoms with Gasteiger partial charge in [-0.1, -0.05) is 30.3 Å². The molecule has 2 rings (SSSR count). The molecule has 9 heteroatoms. The summed E-state index contributed by atoms with van der Waals surface area (Å²) in [6, 6.07) is 9.20. The van der Waals surface area contributed by atoms with Crippen molar-refractivity contribution < 1.29 is 23.1 Å². The molecule has 1 aromatic heterocycles. The summed E-state index contributed by atoms with van der Waals surface area (Å²) in [5.74, 6) is -1.70. The molecule has 0 aliphatic heterocycles. The second-order valence-corrected chi connectivity index (χ2v) is 8.54. The monoisotopic (exact) mass is 393 g/mol. The Bertz CT molecular complexity index is 935. The van der Waals surface area contributed by atoms with Crippen LogP contribution in [-0.4, -0.2) is 59.3 Å². The number of carbonyl (C=O) groups excluding carboxylic acids is 1. The number of rotatable bonds is 7. The first kappa shape index (κ1) is 20.7. The summed E-state index contributed by atoms with van der Waals surface area (Å²) < 4.78 is 27.1. The Morgan fingerprint density at radius 3 is 2.30 bits per heavy atom. The molecule has 1 heterocycles. The van der Waals surface area contributed by atoms with Gasteiger partial charge in [0, 0.05) is 33.9 Å². The Kier molecular flexibility index (Phi) is 6.07. The van der Waals surface area contributed by atoms with Crippen LogP contribution in [0.5, 0.6) is 0 Å². The van der Waals surface area contributed by atoms with Crippen LogP contribution in [0.15, 0.2) is 47.5 Å². The minimum absolute atomic E-state index is 0.0269. The summed E-state index contributed by atoms with van der Waals surface area (Å²) in [6.07, 6.45) is 1.34. The first-order valence-electron chi connectivity index (χ1n) is 8.22. The SMILES string of the molecule is CC(C(=O)O)N(Cc1ccccc1)C(=O)c1cc(S(=O)(=O)N(C)C)cn1C. The van der Waals surface area contributed by atoms with E-state index in [9.17, 15) is 23.1 Å². The molecule has 0 saturated carbocycles. The van der Waals surface area contributed by atoms with Gasteiger partial charge in [-0.25, -0.2) is 17.5 Å². The van der Waals surface area contributed by atoms with Crippen molar-refractivity contribution in [2.75, 3.05) is 14.1 Å². The first-order valence-corrected chi connectivity index (χ1v) is 9.66. The van der Waals surface area contributed by atoms with E-state index in [1.165, 1.54) is 42.7 Å². The zero-order valence-electron chi connectivity index (χ0n) is 15.7. The molecule has 146 valence electrons. The highest BCUT2D eigenvalue weighted by atomic mass is 32.2. The normalized spacial score (nSPS) is 12.8. The number of carbonyl (C=O) groups is 2. The zero-order valence-corrected chi connectivity index (χ0v) is 16.5. The number of aromatic nitrogens is 1. The number of carboxylic acid groups (broad SMARTS) is 1. The van der Waals surface area contributed by atoms with Gasteiger partial charge < -0.3 is 14.6 Å². The number of sulfonamides is 1. The Hall–Kier alpha value is -2.65. The van der Waals surface area contributed by atoms with Crippen LogP contribution in [-0.2, 0) is 28.4 Å². The molecule has 27 heavy (non-hydrogen) atoms. The molecule has 1 N–H and O–H groups in total. The Morgan fingerprint density at radius 2 is 1.78 bits per heavy atom. The quantitative estimate of drug-likeness (QED) is 0.766. The third-order valence-electron chi connectivity index (χ3n) is 4.26. The number of hydrogen-bond donors (Lipinski definition) is 1. The van der Waals surface area contributed by atoms with Crippen LogP contribution < -0.4 is 0 Å². The number of benzene rings is 1. The van der Waals surface area contributed by atoms with Crippen molar-refractivity contribution in [2.24, 2.45) is 7.05 Å². The smallest absolute Gasteiger partial charge is 0.326 e. The second-order valence-electron chi connectivity index (χ2n) is 6.39. The maximum absolute atomic E-state index is 13.1. The van der Waals surface area contributed by atoms with Gasteiger partial charge >= 0.3 is 5.97 Å². The lowest BCUT2D eigenvalue weighted by molar-refractivity contribution is -0.141. The number of aryl methyl sites for hydroxylation is 1. The molecule has 0 radical (unpaired) electrons. The van der Waals surface area contributed by atoms with Gasteiger partial charge in [0.25, 0.3) is 5.91 Å². The summed E-state index contributed by atoms with van der Waals surface area (Å²) in [4.78, 5) is 25.7. The second kappa shape index (κ2) is 7.93. The van der Waals surface area contributed by atoms with Crippen LogP contribution in [0.25, 0.3) is 0 Å². The number of amides is 1. The third kappa shape index (κ3) is 4.37. The molecule has 0 bridgehead atoms. The van der Waals surface area contributed by atoms with Gasteiger partial charge in [0.1, 0.15) is 16.6 Å². The van der Waals surface area contributed by atoms with E-state index in [0.717, 1.165) is 9.87 Å². The fraction of sp³-hybridized carbons (Fsp3) is 0.333. The fourth-order valence-corrected chi connectivity index (χ4v) is 3.52. The first-order chi connectivity index (χ1) is 12.6. The van der Waals surface area contributed by atoms with E-state index in [1.807, 2.05) is 6.07 Å². The van der Waals surface area contributed by atoms with Crippen molar-refractivity contribution in [1.29, 1.82) is 0 Å². The minimum Gasteiger partial charge on any atom is -0.480 e. The highest BCUT2D eigenvalue weighted by molar-refractivity contribution is 7.89. The van der Waals surface area contributed by atoms with Crippen molar-refractivity contribution in [3.05, 3.63) is 53.9 Å². The van der Waals surface area contributed by atoms with E-state index in [1.54, 1.807) is 31.3 Å². The predicted octanol–water partition coefficient (Wildman–Crippen LogP) is 1.39. The van der Waals surface area contributed by atoms with E-state index >= 15 is 0 Å². The lowest BCUT2D eigenvalue weighted by atomic mass is 10.1. The molecule has 0 saturated heterocycles. The molecule has 8 nitrogen and oxygen atoms in total. The average molecular weight is 393 g/mol. The standard InChI is InChI=1S/C18H23N3O5S/c1-13(18(23)24)21(11-14-8-6-5-7-9-14)17(22)16-10-15(12-20(16)4)27(25,26)19(2)3/h5-10,12-13H,11H2,1-4H3,(H,23,24). The minimum atomic E-state index is -3.71. The lowest BCUT2D eigenvalue weighted by Crippen LogP contribution is -2.43. The summed E-state index contributed by atoms with van der Waals surface area (Å²) >= 11 is 0. The molecule has 1 unspecified atom stereocenters. The van der Waals surface area contributed by atoms with Crippen LogP contribution in [0.1, 0.15) is 23.0 Å². The van der Waals surface area contributed by atoms with Gasteiger partial charge in [-0.2, -0.15) is 0 Å². The van der Waals surface area contributed by atoms with Gasteiger partial charge in [0.05, 0.1) is 0 Å². The average Bonchev–Trinajstić information content (AvgIpc) is 3.01. The van der Waals surface area contributed by atoms with Gasteiger partial charge in [-0.3, -0.25) is 4.79 Å². The summed E-state index contributed by atoms with van der Waals surface area (Å²) in [7, 11) is 0.644. The van der Waals surface area contributed by atoms with Crippen molar-refractivity contribution in [3.63, 3.8) is 0 Å². The summed E-state index contributed by atoms with van der Waals surface area (Å²) in [5, 5.41) is 9.40. The largest absolute Gasteiger partial charge is 0.480 e. The van der Waals surface area contributed by atoms with Crippen LogP contribution in [0, 0.1) is 0 Å². The van der Waals surface area contributed by atoms with Crippen LogP contribution >= 0.6 is 0 Å². The van der Waals surface area contributed by atoms with E-state index < -0.39 is 27.9 Å². The summed E-state index contributed by atoms with van der Waals surface area (Å²) in [5.41, 5.74) is 0.869. The third-order valence-corrected chi connectivity index (χ3v) is 6.04. The van der Waals surface area contributed by atoms with Crippen LogP contribution in [0.3, 0.4) is 0 Å². The molecule has 0 fully saturated rings. The van der Waals surface area contributed by atoms with Gasteiger partial charge in [0.2, 0.25) is 10.0 Å². The molecule has 2 aromatic rings. The molecular formula is C18H23N3O5S. The van der Waals surface area contributed by atoms with Crippen molar-refractivity contribution in [2.45, 2.75) is 24.4 Å². The Morgan fingerprint density at radius 1 is 1.19 bits per heavy atom. The highest BCUT2D eigenvalue weighted by Crippen LogP contribution is 2.20. The van der Waals surface area contributed by atoms with Crippen molar-refractivity contribution >= 4 is 21.9 Å². The molecule has 0 aliphatic rings. The molecule has 1 aromatic carbocycles. The fourth-order valence-electron chi connectivity index (χ4n) is 2.54. The number of hydrogen-bond acceptors (Lipinski definition) is 4. The van der Waals surface area contributed by atoms with E-state index in [4.69, 9.17) is 0 Å². The summed E-state index contributed by atoms with van der Waals surface area (Å²) in [6.45, 7) is 1.51. The van der Waals surface area contributed by atoms with Gasteiger partial charge in [-0.15, -0.1) is 0 Å². The number of nitrogens with zero attached hydrogens (tertiary/aromatic N) is 3. The number of aliphatic carboxylic acids is 1. The lowest BCUT2D eigenvalue weighted by Gasteiger charge is -2.26. The molecule has 1 amide bonds. The van der Waals surface area contributed by atoms with Crippen LogP contribution in [0.2, 0.25) is 0 Å². The van der Waals surface area contributed by atoms with E-state index in [0.29, 0.717) is 0 Å². The van der Waals surface area contributed by atoms with Crippen molar-refractivity contribution in [3.8, 4) is 0 Å². The van der Waals surface area contributed by atoms with Crippen molar-refractivity contribution in [1.82, 2.24) is 13.8 Å². The van der Waals surface area contributed by atoms with Gasteiger partial charge in [-0.05, 0) is 18.6 Å². The maximum Gasteiger partial charge on any atom is 0.326 e. The van der Waals surface area contributed by atoms with E-state index in [-0.39, 0.29) is 17.1 Å². The predicted molar refractivity (Wildman–Crippen MR) is 99.7 cm³/mol. The van der Waals surface area contributed by atoms with Gasteiger partial charge in [0.15, 0.2) is 0 Å². The molecule has 0 spiro atoms. The Balaban J connectivity index is 2.44. The molecular weight excluding hydrogens is 370 g/mol. The molecule has 0 aliphatic carbocycles. The van der Waals surface area contributed by atoms with E-state index in [2.05, 4.69) is 0 Å². The molecule has 1 atom stereocenters. The maximum atomic E-state index is 13.1. The van der Waals surface area contributed by atoms with Crippen LogP contribution in [0.4, 0.5) is 0 Å². The topological polar surface area (TPSA) is 99.9 Å². The Labute approximate surface area is 158 Å². The zero-order chi connectivity index (χ0) is 20.4.